The predicted octanol–water partition coefficient (Wildman–Crippen LogP) is 4.40. The molecule has 6 nitrogen and oxygen atoms in total. The number of halogens is 2. The molecule has 0 heterocycles. The Hall–Kier alpha value is -3.16. The van der Waals surface area contributed by atoms with Gasteiger partial charge in [-0.3, -0.25) is 0 Å². The second kappa shape index (κ2) is 11.5. The molecule has 8 heteroatoms. The van der Waals surface area contributed by atoms with Gasteiger partial charge in [0.15, 0.2) is 0 Å². The summed E-state index contributed by atoms with van der Waals surface area (Å²) in [5, 5.41) is 5.23. The molecule has 0 saturated carbocycles. The Kier molecular flexibility index (Phi) is 8.71. The molecule has 2 aromatic rings. The Morgan fingerprint density at radius 3 is 1.36 bits per heavy atom. The zero-order valence-corrected chi connectivity index (χ0v) is 15.3. The molecule has 2 rings (SSSR count). The van der Waals surface area contributed by atoms with Crippen LogP contribution in [0.2, 0.25) is 0 Å². The van der Waals surface area contributed by atoms with E-state index in [2.05, 4.69) is 10.6 Å². The summed E-state index contributed by atoms with van der Waals surface area (Å²) < 4.78 is 35.5. The normalized spacial score (nSPS) is 10.2. The van der Waals surface area contributed by atoms with Gasteiger partial charge in [0.25, 0.3) is 0 Å². The Labute approximate surface area is 161 Å². The number of benzene rings is 2. The van der Waals surface area contributed by atoms with Crippen LogP contribution in [0.1, 0.15) is 25.7 Å². The summed E-state index contributed by atoms with van der Waals surface area (Å²) >= 11 is 0. The third kappa shape index (κ3) is 8.48. The second-order valence-corrected chi connectivity index (χ2v) is 5.95. The molecule has 2 amide bonds. The van der Waals surface area contributed by atoms with Crippen molar-refractivity contribution in [1.82, 2.24) is 10.6 Å². The number of carbonyl (C=O) groups is 2. The number of unbranched alkanes of at least 4 members (excludes halogenated alkanes) is 3. The van der Waals surface area contributed by atoms with Gasteiger partial charge in [-0.15, -0.1) is 0 Å². The molecule has 0 fully saturated rings. The number of rotatable bonds is 9. The van der Waals surface area contributed by atoms with Crippen molar-refractivity contribution >= 4 is 12.2 Å². The van der Waals surface area contributed by atoms with Gasteiger partial charge in [-0.2, -0.15) is 0 Å². The van der Waals surface area contributed by atoms with Gasteiger partial charge in [0.1, 0.15) is 23.1 Å². The van der Waals surface area contributed by atoms with Gasteiger partial charge >= 0.3 is 12.2 Å². The van der Waals surface area contributed by atoms with Crippen LogP contribution in [0.3, 0.4) is 0 Å². The highest BCUT2D eigenvalue weighted by Crippen LogP contribution is 2.12. The van der Waals surface area contributed by atoms with Crippen LogP contribution in [0.5, 0.6) is 11.5 Å². The average Bonchev–Trinajstić information content (AvgIpc) is 2.67. The van der Waals surface area contributed by atoms with E-state index in [9.17, 15) is 18.4 Å². The van der Waals surface area contributed by atoms with Crippen molar-refractivity contribution in [3.05, 3.63) is 60.2 Å². The van der Waals surface area contributed by atoms with Crippen LogP contribution in [0.25, 0.3) is 0 Å². The summed E-state index contributed by atoms with van der Waals surface area (Å²) in [7, 11) is 0. The van der Waals surface area contributed by atoms with E-state index in [0.717, 1.165) is 25.7 Å². The smallest absolute Gasteiger partial charge is 0.410 e. The predicted molar refractivity (Wildman–Crippen MR) is 99.3 cm³/mol. The molecule has 0 aliphatic heterocycles. The summed E-state index contributed by atoms with van der Waals surface area (Å²) in [4.78, 5) is 23.1. The van der Waals surface area contributed by atoms with Gasteiger partial charge in [0.05, 0.1) is 0 Å². The maximum atomic E-state index is 12.8. The quantitative estimate of drug-likeness (QED) is 0.620. The van der Waals surface area contributed by atoms with Crippen LogP contribution >= 0.6 is 0 Å². The van der Waals surface area contributed by atoms with E-state index in [0.29, 0.717) is 13.1 Å². The Bertz CT molecular complexity index is 686. The first kappa shape index (κ1) is 21.1. The standard InChI is InChI=1S/C20H22F2N2O4/c21-15-5-9-17(10-6-15)27-19(25)23-13-3-1-2-4-14-24-20(26)28-18-11-7-16(22)8-12-18/h5-12H,1-4,13-14H2,(H,23,25)(H,24,26). The lowest BCUT2D eigenvalue weighted by molar-refractivity contribution is 0.198. The third-order valence-corrected chi connectivity index (χ3v) is 3.69. The first-order valence-corrected chi connectivity index (χ1v) is 8.95. The van der Waals surface area contributed by atoms with Crippen LogP contribution in [-0.2, 0) is 0 Å². The molecule has 150 valence electrons. The maximum Gasteiger partial charge on any atom is 0.412 e. The monoisotopic (exact) mass is 392 g/mol. The topological polar surface area (TPSA) is 76.7 Å². The molecule has 0 atom stereocenters. The highest BCUT2D eigenvalue weighted by molar-refractivity contribution is 5.70. The van der Waals surface area contributed by atoms with Crippen molar-refractivity contribution in [3.63, 3.8) is 0 Å². The van der Waals surface area contributed by atoms with Crippen LogP contribution in [0, 0.1) is 11.6 Å². The van der Waals surface area contributed by atoms with Gasteiger partial charge in [-0.1, -0.05) is 12.8 Å². The number of nitrogens with one attached hydrogen (secondary N) is 2. The van der Waals surface area contributed by atoms with Crippen molar-refractivity contribution in [3.8, 4) is 11.5 Å². The average molecular weight is 392 g/mol. The van der Waals surface area contributed by atoms with E-state index < -0.39 is 23.8 Å². The van der Waals surface area contributed by atoms with Crippen molar-refractivity contribution in [2.75, 3.05) is 13.1 Å². The fourth-order valence-electron chi connectivity index (χ4n) is 2.28. The minimum absolute atomic E-state index is 0.275. The van der Waals surface area contributed by atoms with Gasteiger partial charge in [0, 0.05) is 13.1 Å². The highest BCUT2D eigenvalue weighted by atomic mass is 19.1. The van der Waals surface area contributed by atoms with Crippen LogP contribution in [0.4, 0.5) is 18.4 Å². The summed E-state index contributed by atoms with van der Waals surface area (Å²) in [5.74, 6) is -0.244. The lowest BCUT2D eigenvalue weighted by atomic mass is 10.2. The number of ether oxygens (including phenoxy) is 2. The van der Waals surface area contributed by atoms with E-state index in [1.54, 1.807) is 0 Å². The summed E-state index contributed by atoms with van der Waals surface area (Å²) in [5.41, 5.74) is 0. The Morgan fingerprint density at radius 2 is 1.00 bits per heavy atom. The van der Waals surface area contributed by atoms with E-state index >= 15 is 0 Å². The Morgan fingerprint density at radius 1 is 0.643 bits per heavy atom. The molecule has 0 aromatic heterocycles. The number of carbonyl (C=O) groups excluding carboxylic acids is 2. The first-order chi connectivity index (χ1) is 13.5. The zero-order valence-electron chi connectivity index (χ0n) is 15.3. The molecular weight excluding hydrogens is 370 g/mol. The fraction of sp³-hybridized carbons (Fsp3) is 0.300. The molecule has 0 saturated heterocycles. The molecular formula is C20H22F2N2O4. The number of hydrogen-bond donors (Lipinski definition) is 2. The minimum atomic E-state index is -0.586. The lowest BCUT2D eigenvalue weighted by Crippen LogP contribution is -2.28. The van der Waals surface area contributed by atoms with Gasteiger partial charge in [-0.05, 0) is 61.4 Å². The molecule has 0 spiro atoms. The van der Waals surface area contributed by atoms with E-state index in [1.165, 1.54) is 48.5 Å². The first-order valence-electron chi connectivity index (χ1n) is 8.95. The van der Waals surface area contributed by atoms with Crippen molar-refractivity contribution in [1.29, 1.82) is 0 Å². The molecule has 0 bridgehead atoms. The fourth-order valence-corrected chi connectivity index (χ4v) is 2.28. The SMILES string of the molecule is O=C(NCCCCCCNC(=O)Oc1ccc(F)cc1)Oc1ccc(F)cc1. The zero-order chi connectivity index (χ0) is 20.2. The van der Waals surface area contributed by atoms with Crippen LogP contribution in [-0.4, -0.2) is 25.3 Å². The van der Waals surface area contributed by atoms with Gasteiger partial charge < -0.3 is 20.1 Å². The molecule has 0 radical (unpaired) electrons. The van der Waals surface area contributed by atoms with E-state index in [1.807, 2.05) is 0 Å². The molecule has 2 aromatic carbocycles. The molecule has 0 aliphatic carbocycles. The van der Waals surface area contributed by atoms with Crippen LogP contribution < -0.4 is 20.1 Å². The largest absolute Gasteiger partial charge is 0.412 e. The van der Waals surface area contributed by atoms with Gasteiger partial charge in [0.2, 0.25) is 0 Å². The summed E-state index contributed by atoms with van der Waals surface area (Å²) in [6.45, 7) is 0.917. The van der Waals surface area contributed by atoms with Crippen molar-refractivity contribution in [2.24, 2.45) is 0 Å². The second-order valence-electron chi connectivity index (χ2n) is 5.95. The Balaban J connectivity index is 1.45. The van der Waals surface area contributed by atoms with Crippen molar-refractivity contribution in [2.45, 2.75) is 25.7 Å². The number of hydrogen-bond acceptors (Lipinski definition) is 4. The highest BCUT2D eigenvalue weighted by Gasteiger charge is 2.05. The van der Waals surface area contributed by atoms with Gasteiger partial charge in [-0.25, -0.2) is 18.4 Å². The molecule has 2 N–H and O–H groups in total. The van der Waals surface area contributed by atoms with Crippen molar-refractivity contribution < 1.29 is 27.8 Å². The third-order valence-electron chi connectivity index (χ3n) is 3.69. The van der Waals surface area contributed by atoms with E-state index in [-0.39, 0.29) is 11.5 Å². The van der Waals surface area contributed by atoms with E-state index in [4.69, 9.17) is 9.47 Å². The molecule has 0 unspecified atom stereocenters. The molecule has 0 aliphatic rings. The summed E-state index contributed by atoms with van der Waals surface area (Å²) in [6.07, 6.45) is 2.09. The minimum Gasteiger partial charge on any atom is -0.410 e. The maximum absolute atomic E-state index is 12.8. The lowest BCUT2D eigenvalue weighted by Gasteiger charge is -2.07. The summed E-state index contributed by atoms with van der Waals surface area (Å²) in [6, 6.07) is 10.4. The molecule has 28 heavy (non-hydrogen) atoms. The number of amides is 2. The van der Waals surface area contributed by atoms with Crippen LogP contribution in [0.15, 0.2) is 48.5 Å².